The van der Waals surface area contributed by atoms with Crippen LogP contribution in [-0.2, 0) is 0 Å². The number of pyridine rings is 1. The maximum absolute atomic E-state index is 14.1. The van der Waals surface area contributed by atoms with Gasteiger partial charge in [0.1, 0.15) is 17.0 Å². The number of para-hydroxylation sites is 1. The smallest absolute Gasteiger partial charge is 0.272 e. The molecule has 0 spiro atoms. The van der Waals surface area contributed by atoms with Gasteiger partial charge in [-0.1, -0.05) is 32.0 Å². The lowest BCUT2D eigenvalue weighted by atomic mass is 10.0. The minimum Gasteiger partial charge on any atom is -0.336 e. The normalized spacial score (nSPS) is 21.6. The molecule has 27 heavy (non-hydrogen) atoms. The summed E-state index contributed by atoms with van der Waals surface area (Å²) in [5.41, 5.74) is 0.611. The van der Waals surface area contributed by atoms with E-state index in [0.29, 0.717) is 17.7 Å². The number of nitrogens with zero attached hydrogens (tertiary/aromatic N) is 3. The lowest BCUT2D eigenvalue weighted by Gasteiger charge is -2.34. The summed E-state index contributed by atoms with van der Waals surface area (Å²) in [5, 5.41) is 0.720. The van der Waals surface area contributed by atoms with Gasteiger partial charge in [0.15, 0.2) is 0 Å². The van der Waals surface area contributed by atoms with E-state index in [1.807, 2.05) is 11.0 Å². The van der Waals surface area contributed by atoms with Crippen molar-refractivity contribution in [2.24, 2.45) is 11.8 Å². The molecule has 4 rings (SSSR count). The summed E-state index contributed by atoms with van der Waals surface area (Å²) in [6.45, 7) is 8.14. The van der Waals surface area contributed by atoms with Crippen LogP contribution in [0, 0.1) is 17.7 Å². The van der Waals surface area contributed by atoms with Crippen molar-refractivity contribution in [1.29, 1.82) is 0 Å². The highest BCUT2D eigenvalue weighted by molar-refractivity contribution is 5.95. The first-order valence-electron chi connectivity index (χ1n) is 10.1. The lowest BCUT2D eigenvalue weighted by Crippen LogP contribution is -2.46. The number of fused-ring (bicyclic) bond motifs is 1. The Kier molecular flexibility index (Phi) is 5.13. The Morgan fingerprint density at radius 3 is 2.78 bits per heavy atom. The molecule has 2 heterocycles. The van der Waals surface area contributed by atoms with Crippen LogP contribution in [0.25, 0.3) is 10.9 Å². The Morgan fingerprint density at radius 2 is 2.04 bits per heavy atom. The molecule has 1 saturated heterocycles. The second kappa shape index (κ2) is 7.55. The third kappa shape index (κ3) is 3.98. The average molecular weight is 369 g/mol. The number of aromatic nitrogens is 1. The van der Waals surface area contributed by atoms with Gasteiger partial charge in [-0.25, -0.2) is 9.37 Å². The summed E-state index contributed by atoms with van der Waals surface area (Å²) >= 11 is 0. The van der Waals surface area contributed by atoms with Gasteiger partial charge in [0, 0.05) is 37.6 Å². The molecule has 4 nitrogen and oxygen atoms in total. The van der Waals surface area contributed by atoms with Gasteiger partial charge in [0.2, 0.25) is 0 Å². The van der Waals surface area contributed by atoms with Gasteiger partial charge >= 0.3 is 0 Å². The van der Waals surface area contributed by atoms with Gasteiger partial charge in [-0.3, -0.25) is 9.69 Å². The highest BCUT2D eigenvalue weighted by Crippen LogP contribution is 2.32. The second-order valence-corrected chi connectivity index (χ2v) is 8.36. The van der Waals surface area contributed by atoms with E-state index in [2.05, 4.69) is 23.7 Å². The average Bonchev–Trinajstić information content (AvgIpc) is 3.48. The van der Waals surface area contributed by atoms with E-state index in [1.54, 1.807) is 18.2 Å². The van der Waals surface area contributed by atoms with Crippen molar-refractivity contribution >= 4 is 16.8 Å². The summed E-state index contributed by atoms with van der Waals surface area (Å²) < 4.78 is 14.1. The van der Waals surface area contributed by atoms with Gasteiger partial charge in [-0.2, -0.15) is 0 Å². The molecule has 144 valence electrons. The molecule has 0 N–H and O–H groups in total. The Labute approximate surface area is 160 Å². The third-order valence-corrected chi connectivity index (χ3v) is 5.89. The maximum atomic E-state index is 14.1. The molecule has 1 amide bonds. The van der Waals surface area contributed by atoms with E-state index in [0.717, 1.165) is 43.9 Å². The van der Waals surface area contributed by atoms with Crippen molar-refractivity contribution < 1.29 is 9.18 Å². The lowest BCUT2D eigenvalue weighted by molar-refractivity contribution is 0.0699. The summed E-state index contributed by atoms with van der Waals surface area (Å²) in [7, 11) is 0. The molecule has 2 aromatic rings. The number of benzene rings is 1. The molecule has 2 fully saturated rings. The van der Waals surface area contributed by atoms with E-state index in [9.17, 15) is 9.18 Å². The summed E-state index contributed by atoms with van der Waals surface area (Å²) in [6.07, 6.45) is 3.66. The van der Waals surface area contributed by atoms with Gasteiger partial charge in [-0.15, -0.1) is 0 Å². The number of amides is 1. The summed E-state index contributed by atoms with van der Waals surface area (Å²) in [6, 6.07) is 8.75. The van der Waals surface area contributed by atoms with Crippen molar-refractivity contribution in [2.75, 3.05) is 26.2 Å². The fourth-order valence-corrected chi connectivity index (χ4v) is 4.13. The van der Waals surface area contributed by atoms with Crippen molar-refractivity contribution in [2.45, 2.75) is 39.2 Å². The molecule has 1 aliphatic heterocycles. The Balaban J connectivity index is 1.56. The number of rotatable bonds is 4. The van der Waals surface area contributed by atoms with Crippen molar-refractivity contribution in [3.63, 3.8) is 0 Å². The Hall–Kier alpha value is -2.01. The van der Waals surface area contributed by atoms with Crippen molar-refractivity contribution in [3.8, 4) is 0 Å². The number of carbonyl (C=O) groups is 1. The molecule has 5 heteroatoms. The molecule has 0 radical (unpaired) electrons. The van der Waals surface area contributed by atoms with Crippen LogP contribution in [0.5, 0.6) is 0 Å². The van der Waals surface area contributed by atoms with E-state index >= 15 is 0 Å². The largest absolute Gasteiger partial charge is 0.336 e. The van der Waals surface area contributed by atoms with Crippen molar-refractivity contribution in [3.05, 3.63) is 41.8 Å². The SMILES string of the molecule is CC(C)C1CN(C(=O)c2ccc3cccc(F)c3n2)CCCN1CC1CC1. The zero-order valence-corrected chi connectivity index (χ0v) is 16.2. The van der Waals surface area contributed by atoms with Gasteiger partial charge in [0.25, 0.3) is 5.91 Å². The number of hydrogen-bond acceptors (Lipinski definition) is 3. The first-order valence-corrected chi connectivity index (χ1v) is 10.1. The number of carbonyl (C=O) groups excluding carboxylic acids is 1. The van der Waals surface area contributed by atoms with Crippen LogP contribution in [0.2, 0.25) is 0 Å². The predicted octanol–water partition coefficient (Wildman–Crippen LogP) is 3.96. The molecule has 1 saturated carbocycles. The highest BCUT2D eigenvalue weighted by atomic mass is 19.1. The van der Waals surface area contributed by atoms with Crippen LogP contribution >= 0.6 is 0 Å². The first kappa shape index (κ1) is 18.4. The Bertz CT molecular complexity index is 833. The summed E-state index contributed by atoms with van der Waals surface area (Å²) in [5.74, 6) is 0.866. The Morgan fingerprint density at radius 1 is 1.22 bits per heavy atom. The molecule has 1 aromatic heterocycles. The standard InChI is InChI=1S/C22H28FN3O/c1-15(2)20-14-26(12-4-11-25(20)13-16-7-8-16)22(27)19-10-9-17-5-3-6-18(23)21(17)24-19/h3,5-6,9-10,15-16,20H,4,7-8,11-14H2,1-2H3. The van der Waals surface area contributed by atoms with E-state index in [-0.39, 0.29) is 17.2 Å². The van der Waals surface area contributed by atoms with Crippen LogP contribution in [-0.4, -0.2) is 52.9 Å². The molecule has 0 bridgehead atoms. The minimum absolute atomic E-state index is 0.0842. The third-order valence-electron chi connectivity index (χ3n) is 5.89. The molecule has 2 aliphatic rings. The fraction of sp³-hybridized carbons (Fsp3) is 0.545. The van der Waals surface area contributed by atoms with Crippen LogP contribution in [0.1, 0.15) is 43.6 Å². The van der Waals surface area contributed by atoms with Crippen LogP contribution in [0.15, 0.2) is 30.3 Å². The topological polar surface area (TPSA) is 36.4 Å². The first-order chi connectivity index (χ1) is 13.0. The van der Waals surface area contributed by atoms with E-state index in [1.165, 1.54) is 18.9 Å². The van der Waals surface area contributed by atoms with Crippen LogP contribution in [0.4, 0.5) is 4.39 Å². The van der Waals surface area contributed by atoms with Crippen molar-refractivity contribution in [1.82, 2.24) is 14.8 Å². The maximum Gasteiger partial charge on any atom is 0.272 e. The molecule has 1 unspecified atom stereocenters. The second-order valence-electron chi connectivity index (χ2n) is 8.36. The van der Waals surface area contributed by atoms with E-state index < -0.39 is 0 Å². The zero-order chi connectivity index (χ0) is 19.0. The summed E-state index contributed by atoms with van der Waals surface area (Å²) in [4.78, 5) is 22.0. The van der Waals surface area contributed by atoms with Crippen LogP contribution in [0.3, 0.4) is 0 Å². The van der Waals surface area contributed by atoms with Crippen LogP contribution < -0.4 is 0 Å². The minimum atomic E-state index is -0.381. The predicted molar refractivity (Wildman–Crippen MR) is 105 cm³/mol. The molecule has 1 atom stereocenters. The fourth-order valence-electron chi connectivity index (χ4n) is 4.13. The molecule has 1 aliphatic carbocycles. The quantitative estimate of drug-likeness (QED) is 0.819. The number of halogens is 1. The molecular weight excluding hydrogens is 341 g/mol. The highest BCUT2D eigenvalue weighted by Gasteiger charge is 2.33. The van der Waals surface area contributed by atoms with Gasteiger partial charge < -0.3 is 4.90 Å². The van der Waals surface area contributed by atoms with Gasteiger partial charge in [-0.05, 0) is 43.2 Å². The molecule has 1 aromatic carbocycles. The van der Waals surface area contributed by atoms with E-state index in [4.69, 9.17) is 0 Å². The zero-order valence-electron chi connectivity index (χ0n) is 16.2. The monoisotopic (exact) mass is 369 g/mol. The molecular formula is C22H28FN3O. The number of hydrogen-bond donors (Lipinski definition) is 0. The van der Waals surface area contributed by atoms with Gasteiger partial charge in [0.05, 0.1) is 0 Å².